The van der Waals surface area contributed by atoms with Crippen molar-refractivity contribution in [3.05, 3.63) is 70.8 Å². The van der Waals surface area contributed by atoms with Gasteiger partial charge in [0, 0.05) is 17.5 Å². The van der Waals surface area contributed by atoms with Crippen molar-refractivity contribution in [3.8, 4) is 0 Å². The molecular weight excluding hydrogens is 632 g/mol. The van der Waals surface area contributed by atoms with Crippen molar-refractivity contribution in [2.75, 3.05) is 0 Å². The minimum atomic E-state index is -5.85. The first-order valence-electron chi connectivity index (χ1n) is 11.7. The predicted molar refractivity (Wildman–Crippen MR) is 137 cm³/mol. The summed E-state index contributed by atoms with van der Waals surface area (Å²) in [6.45, 7) is 0. The van der Waals surface area contributed by atoms with Crippen LogP contribution in [0.4, 0.5) is 17.6 Å². The van der Waals surface area contributed by atoms with Gasteiger partial charge in [0.2, 0.25) is 17.7 Å². The Hall–Kier alpha value is -3.66. The molecule has 2 aromatic carbocycles. The fraction of sp³-hybridized carbons (Fsp3) is 0.304. The van der Waals surface area contributed by atoms with E-state index in [2.05, 4.69) is 10.6 Å². The zero-order valence-corrected chi connectivity index (χ0v) is 23.4. The van der Waals surface area contributed by atoms with Crippen LogP contribution in [-0.2, 0) is 52.5 Å². The van der Waals surface area contributed by atoms with E-state index in [-0.39, 0.29) is 11.1 Å². The number of aliphatic carboxylic acids is 1. The normalized spacial score (nSPS) is 14.0. The molecule has 2 unspecified atom stereocenters. The maximum absolute atomic E-state index is 13.9. The van der Waals surface area contributed by atoms with E-state index in [1.165, 1.54) is 0 Å². The van der Waals surface area contributed by atoms with Gasteiger partial charge in [-0.25, -0.2) is 0 Å². The van der Waals surface area contributed by atoms with Crippen LogP contribution in [0, 0.1) is 0 Å². The number of alkyl halides is 4. The Morgan fingerprint density at radius 1 is 0.744 bits per heavy atom. The Kier molecular flexibility index (Phi) is 11.0. The largest absolute Gasteiger partial charge is 0.481 e. The van der Waals surface area contributed by atoms with Crippen molar-refractivity contribution in [2.24, 2.45) is 5.73 Å². The Morgan fingerprint density at radius 3 is 1.53 bits per heavy atom. The second kappa shape index (κ2) is 13.3. The number of rotatable bonds is 14. The summed E-state index contributed by atoms with van der Waals surface area (Å²) in [5, 5.41) is 13.4. The Bertz CT molecular complexity index is 1460. The average molecular weight is 657 g/mol. The van der Waals surface area contributed by atoms with Crippen LogP contribution < -0.4 is 16.4 Å². The number of carboxylic acid groups (broad SMARTS) is 1. The number of primary amides is 1. The lowest BCUT2D eigenvalue weighted by atomic mass is 10.0. The van der Waals surface area contributed by atoms with E-state index in [0.29, 0.717) is 24.3 Å². The summed E-state index contributed by atoms with van der Waals surface area (Å²) in [6, 6.07) is 3.23. The SMILES string of the molecule is NC(=O)C(Cc1ccc(C(F)(F)P(=O)(O)O)cc1)NC(=O)C(CC(=O)O)NC(=O)Cc1ccc(C(F)(F)P(=O)(O)O)cc1. The second-order valence-corrected chi connectivity index (χ2v) is 12.4. The van der Waals surface area contributed by atoms with Gasteiger partial charge in [0.15, 0.2) is 0 Å². The molecule has 0 fully saturated rings. The van der Waals surface area contributed by atoms with Crippen LogP contribution >= 0.6 is 15.2 Å². The minimum Gasteiger partial charge on any atom is -0.481 e. The molecule has 3 amide bonds. The number of nitrogens with one attached hydrogen (secondary N) is 2. The predicted octanol–water partition coefficient (Wildman–Crippen LogP) is 0.855. The van der Waals surface area contributed by atoms with Crippen LogP contribution in [-0.4, -0.2) is 60.5 Å². The number of hydrogen-bond donors (Lipinski definition) is 8. The summed E-state index contributed by atoms with van der Waals surface area (Å²) >= 11 is 0. The number of amides is 3. The van der Waals surface area contributed by atoms with Gasteiger partial charge >= 0.3 is 32.5 Å². The van der Waals surface area contributed by atoms with Gasteiger partial charge in [0.1, 0.15) is 12.1 Å². The Labute approximate surface area is 239 Å². The standard InChI is InChI=1S/C23H25F4N3O11P2/c24-22(25,42(36,37)38)14-5-1-12(2-6-14)9-16(20(28)34)30-21(35)17(11-19(32)33)29-18(31)10-13-3-7-15(8-4-13)23(26,27)43(39,40)41/h1-8,16-17H,9-11H2,(H2,28,34)(H,29,31)(H,30,35)(H,32,33)(H2,36,37,38)(H2,39,40,41). The molecule has 0 bridgehead atoms. The third-order valence-electron chi connectivity index (χ3n) is 5.83. The topological polar surface area (TPSA) is 254 Å². The highest BCUT2D eigenvalue weighted by atomic mass is 31.2. The first-order valence-corrected chi connectivity index (χ1v) is 14.9. The summed E-state index contributed by atoms with van der Waals surface area (Å²) < 4.78 is 77.4. The number of hydrogen-bond acceptors (Lipinski definition) is 6. The highest BCUT2D eigenvalue weighted by Gasteiger charge is 2.51. The lowest BCUT2D eigenvalue weighted by molar-refractivity contribution is -0.140. The van der Waals surface area contributed by atoms with Gasteiger partial charge in [-0.1, -0.05) is 48.5 Å². The van der Waals surface area contributed by atoms with Gasteiger partial charge in [0.05, 0.1) is 12.8 Å². The monoisotopic (exact) mass is 657 g/mol. The number of carboxylic acids is 1. The van der Waals surface area contributed by atoms with Crippen LogP contribution in [0.1, 0.15) is 28.7 Å². The summed E-state index contributed by atoms with van der Waals surface area (Å²) in [4.78, 5) is 83.8. The molecular formula is C23H25F4N3O11P2. The third-order valence-corrected chi connectivity index (χ3v) is 7.81. The minimum absolute atomic E-state index is 0.0417. The fourth-order valence-electron chi connectivity index (χ4n) is 3.55. The highest BCUT2D eigenvalue weighted by molar-refractivity contribution is 7.52. The zero-order chi connectivity index (χ0) is 33.0. The second-order valence-electron chi connectivity index (χ2n) is 9.13. The van der Waals surface area contributed by atoms with E-state index in [9.17, 15) is 45.9 Å². The average Bonchev–Trinajstić information content (AvgIpc) is 2.86. The zero-order valence-electron chi connectivity index (χ0n) is 21.6. The molecule has 20 heteroatoms. The third kappa shape index (κ3) is 9.16. The molecule has 0 radical (unpaired) electrons. The number of carbonyl (C=O) groups is 4. The van der Waals surface area contributed by atoms with Gasteiger partial charge in [-0.15, -0.1) is 0 Å². The summed E-state index contributed by atoms with van der Waals surface area (Å²) in [5.74, 6) is -4.87. The number of halogens is 4. The molecule has 0 heterocycles. The first kappa shape index (κ1) is 35.5. The van der Waals surface area contributed by atoms with Crippen molar-refractivity contribution < 1.29 is 70.6 Å². The molecule has 2 atom stereocenters. The lowest BCUT2D eigenvalue weighted by Gasteiger charge is -2.22. The molecule has 0 aliphatic heterocycles. The van der Waals surface area contributed by atoms with Crippen LogP contribution in [0.5, 0.6) is 0 Å². The van der Waals surface area contributed by atoms with E-state index in [4.69, 9.17) is 30.4 Å². The molecule has 0 aromatic heterocycles. The Balaban J connectivity index is 2.14. The van der Waals surface area contributed by atoms with Gasteiger partial charge in [0.25, 0.3) is 0 Å². The fourth-order valence-corrected chi connectivity index (χ4v) is 4.52. The molecule has 0 aliphatic rings. The summed E-state index contributed by atoms with van der Waals surface area (Å²) in [6.07, 6.45) is -2.00. The van der Waals surface area contributed by atoms with Crippen molar-refractivity contribution >= 4 is 38.9 Å². The molecule has 0 spiro atoms. The smallest absolute Gasteiger partial charge is 0.399 e. The molecule has 0 saturated carbocycles. The number of carbonyl (C=O) groups excluding carboxylic acids is 3. The number of nitrogens with two attached hydrogens (primary N) is 1. The highest BCUT2D eigenvalue weighted by Crippen LogP contribution is 2.60. The lowest BCUT2D eigenvalue weighted by Crippen LogP contribution is -2.54. The van der Waals surface area contributed by atoms with Gasteiger partial charge < -0.3 is 41.0 Å². The van der Waals surface area contributed by atoms with Crippen LogP contribution in [0.3, 0.4) is 0 Å². The van der Waals surface area contributed by atoms with E-state index in [1.807, 2.05) is 0 Å². The quantitative estimate of drug-likeness (QED) is 0.104. The van der Waals surface area contributed by atoms with E-state index >= 15 is 0 Å². The molecule has 236 valence electrons. The maximum Gasteiger partial charge on any atom is 0.399 e. The maximum atomic E-state index is 13.9. The van der Waals surface area contributed by atoms with Crippen LogP contribution in [0.25, 0.3) is 0 Å². The summed E-state index contributed by atoms with van der Waals surface area (Å²) in [7, 11) is -11.7. The molecule has 14 nitrogen and oxygen atoms in total. The molecule has 0 aliphatic carbocycles. The first-order chi connectivity index (χ1) is 19.6. The van der Waals surface area contributed by atoms with Gasteiger partial charge in [-0.3, -0.25) is 28.3 Å². The number of benzene rings is 2. The molecule has 0 saturated heterocycles. The van der Waals surface area contributed by atoms with Crippen LogP contribution in [0.2, 0.25) is 0 Å². The van der Waals surface area contributed by atoms with E-state index < -0.39 is 92.7 Å². The van der Waals surface area contributed by atoms with Crippen molar-refractivity contribution in [1.82, 2.24) is 10.6 Å². The van der Waals surface area contributed by atoms with Crippen LogP contribution in [0.15, 0.2) is 48.5 Å². The van der Waals surface area contributed by atoms with E-state index in [0.717, 1.165) is 24.3 Å². The molecule has 2 rings (SSSR count). The van der Waals surface area contributed by atoms with E-state index in [1.54, 1.807) is 0 Å². The summed E-state index contributed by atoms with van der Waals surface area (Å²) in [5.41, 5.74) is -5.63. The molecule has 9 N–H and O–H groups in total. The van der Waals surface area contributed by atoms with Crippen molar-refractivity contribution in [3.63, 3.8) is 0 Å². The van der Waals surface area contributed by atoms with Gasteiger partial charge in [-0.05, 0) is 11.1 Å². The van der Waals surface area contributed by atoms with Crippen molar-refractivity contribution in [2.45, 2.75) is 42.7 Å². The molecule has 43 heavy (non-hydrogen) atoms. The molecule has 2 aromatic rings. The Morgan fingerprint density at radius 2 is 1.16 bits per heavy atom. The van der Waals surface area contributed by atoms with Crippen molar-refractivity contribution in [1.29, 1.82) is 0 Å². The van der Waals surface area contributed by atoms with Gasteiger partial charge in [-0.2, -0.15) is 17.6 Å².